The first-order valence-corrected chi connectivity index (χ1v) is 7.99. The highest BCUT2D eigenvalue weighted by Gasteiger charge is 2.34. The lowest BCUT2D eigenvalue weighted by Gasteiger charge is -2.31. The molecule has 2 aromatic carbocycles. The van der Waals surface area contributed by atoms with Gasteiger partial charge < -0.3 is 15.1 Å². The Morgan fingerprint density at radius 3 is 2.39 bits per heavy atom. The fourth-order valence-corrected chi connectivity index (χ4v) is 2.55. The maximum Gasteiger partial charge on any atom is 0.416 e. The van der Waals surface area contributed by atoms with Gasteiger partial charge in [0, 0.05) is 5.69 Å². The third kappa shape index (κ3) is 4.05. The van der Waals surface area contributed by atoms with Crippen LogP contribution in [0, 0.1) is 0 Å². The molecule has 1 saturated heterocycles. The highest BCUT2D eigenvalue weighted by molar-refractivity contribution is 6.04. The minimum Gasteiger partial charge on any atom is -0.504 e. The number of hydrogen-bond donors (Lipinski definition) is 2. The smallest absolute Gasteiger partial charge is 0.416 e. The minimum absolute atomic E-state index is 0.0275. The van der Waals surface area contributed by atoms with E-state index in [0.717, 1.165) is 28.1 Å². The van der Waals surface area contributed by atoms with Crippen LogP contribution in [0.25, 0.3) is 0 Å². The predicted molar refractivity (Wildman–Crippen MR) is 92.9 cm³/mol. The molecule has 0 unspecified atom stereocenters. The molecule has 0 aromatic heterocycles. The first kappa shape index (κ1) is 19.2. The molecule has 1 aliphatic rings. The molecule has 146 valence electrons. The van der Waals surface area contributed by atoms with E-state index < -0.39 is 36.6 Å². The Labute approximate surface area is 156 Å². The Hall–Kier alpha value is -3.56. The van der Waals surface area contributed by atoms with Crippen LogP contribution in [0.5, 0.6) is 11.5 Å². The summed E-state index contributed by atoms with van der Waals surface area (Å²) in [4.78, 5) is 25.5. The highest BCUT2D eigenvalue weighted by Crippen LogP contribution is 2.32. The third-order valence-electron chi connectivity index (χ3n) is 4.00. The number of anilines is 1. The topological polar surface area (TPSA) is 93.4 Å². The molecule has 1 heterocycles. The van der Waals surface area contributed by atoms with Gasteiger partial charge in [-0.1, -0.05) is 6.07 Å². The van der Waals surface area contributed by atoms with Crippen molar-refractivity contribution in [3.05, 3.63) is 53.6 Å². The molecule has 0 aliphatic carbocycles. The number of phenolic OH excluding ortho intramolecular Hbond substituents is 2. The summed E-state index contributed by atoms with van der Waals surface area (Å²) in [6, 6.07) is 8.05. The second-order valence-corrected chi connectivity index (χ2v) is 5.97. The molecule has 0 saturated carbocycles. The van der Waals surface area contributed by atoms with Gasteiger partial charge in [0.1, 0.15) is 13.1 Å². The zero-order valence-corrected chi connectivity index (χ0v) is 14.2. The number of rotatable bonds is 3. The molecular formula is C18H14F3N3O4. The summed E-state index contributed by atoms with van der Waals surface area (Å²) in [7, 11) is 0. The van der Waals surface area contributed by atoms with Crippen LogP contribution in [0.15, 0.2) is 47.6 Å². The van der Waals surface area contributed by atoms with E-state index in [9.17, 15) is 33.0 Å². The molecule has 2 amide bonds. The average molecular weight is 393 g/mol. The largest absolute Gasteiger partial charge is 0.504 e. The molecule has 7 nitrogen and oxygen atoms in total. The van der Waals surface area contributed by atoms with E-state index >= 15 is 0 Å². The zero-order chi connectivity index (χ0) is 20.5. The van der Waals surface area contributed by atoms with Crippen molar-refractivity contribution in [3.8, 4) is 11.5 Å². The maximum atomic E-state index is 12.9. The summed E-state index contributed by atoms with van der Waals surface area (Å²) >= 11 is 0. The fraction of sp³-hybridized carbons (Fsp3) is 0.167. The van der Waals surface area contributed by atoms with Crippen molar-refractivity contribution >= 4 is 23.7 Å². The van der Waals surface area contributed by atoms with Crippen molar-refractivity contribution in [3.63, 3.8) is 0 Å². The van der Waals surface area contributed by atoms with Crippen LogP contribution in [0.4, 0.5) is 18.9 Å². The van der Waals surface area contributed by atoms with E-state index in [2.05, 4.69) is 5.10 Å². The number of alkyl halides is 3. The molecule has 0 spiro atoms. The van der Waals surface area contributed by atoms with Crippen molar-refractivity contribution in [2.45, 2.75) is 6.18 Å². The number of aromatic hydroxyl groups is 2. The first-order chi connectivity index (χ1) is 13.1. The Bertz CT molecular complexity index is 959. The molecule has 0 atom stereocenters. The van der Waals surface area contributed by atoms with Gasteiger partial charge in [-0.2, -0.15) is 18.3 Å². The normalized spacial score (nSPS) is 15.5. The lowest BCUT2D eigenvalue weighted by atomic mass is 10.1. The number of piperazine rings is 1. The number of phenols is 2. The summed E-state index contributed by atoms with van der Waals surface area (Å²) in [5.74, 6) is -1.88. The minimum atomic E-state index is -4.56. The first-order valence-electron chi connectivity index (χ1n) is 7.99. The van der Waals surface area contributed by atoms with Crippen molar-refractivity contribution in [2.24, 2.45) is 5.10 Å². The SMILES string of the molecule is O=C1CN(c2cccc(C(F)(F)F)c2)C(=O)CN1/N=C\c1ccc(O)c(O)c1. The van der Waals surface area contributed by atoms with Gasteiger partial charge in [0.15, 0.2) is 11.5 Å². The number of benzene rings is 2. The van der Waals surface area contributed by atoms with Crippen molar-refractivity contribution in [1.29, 1.82) is 0 Å². The second-order valence-electron chi connectivity index (χ2n) is 5.97. The molecule has 1 fully saturated rings. The van der Waals surface area contributed by atoms with Crippen LogP contribution in [0.2, 0.25) is 0 Å². The van der Waals surface area contributed by atoms with Gasteiger partial charge in [-0.25, -0.2) is 5.01 Å². The molecule has 10 heteroatoms. The standard InChI is InChI=1S/C18H14F3N3O4/c19-18(20,21)12-2-1-3-13(7-12)23-9-17(28)24(10-16(23)27)22-8-11-4-5-14(25)15(26)6-11/h1-8,25-26H,9-10H2/b22-8-. The van der Waals surface area contributed by atoms with Gasteiger partial charge in [0.05, 0.1) is 11.8 Å². The molecule has 28 heavy (non-hydrogen) atoms. The molecule has 1 aliphatic heterocycles. The zero-order valence-electron chi connectivity index (χ0n) is 14.2. The number of carbonyl (C=O) groups is 2. The predicted octanol–water partition coefficient (Wildman–Crippen LogP) is 2.33. The van der Waals surface area contributed by atoms with Gasteiger partial charge in [-0.3, -0.25) is 9.59 Å². The quantitative estimate of drug-likeness (QED) is 0.618. The summed E-state index contributed by atoms with van der Waals surface area (Å²) in [5.41, 5.74) is -0.575. The van der Waals surface area contributed by atoms with E-state index in [-0.39, 0.29) is 17.2 Å². The van der Waals surface area contributed by atoms with Crippen molar-refractivity contribution < 1.29 is 33.0 Å². The lowest BCUT2D eigenvalue weighted by Crippen LogP contribution is -2.52. The molecule has 2 N–H and O–H groups in total. The van der Waals surface area contributed by atoms with Crippen LogP contribution in [0.1, 0.15) is 11.1 Å². The average Bonchev–Trinajstić information content (AvgIpc) is 2.64. The Balaban J connectivity index is 1.75. The van der Waals surface area contributed by atoms with Gasteiger partial charge in [0.2, 0.25) is 5.91 Å². The Morgan fingerprint density at radius 2 is 1.71 bits per heavy atom. The van der Waals surface area contributed by atoms with Crippen molar-refractivity contribution in [2.75, 3.05) is 18.0 Å². The number of carbonyl (C=O) groups excluding carboxylic acids is 2. The number of hydrogen-bond acceptors (Lipinski definition) is 5. The molecule has 2 aromatic rings. The summed E-state index contributed by atoms with van der Waals surface area (Å²) in [6.45, 7) is -0.909. The fourth-order valence-electron chi connectivity index (χ4n) is 2.55. The van der Waals surface area contributed by atoms with E-state index in [0.29, 0.717) is 5.56 Å². The van der Waals surface area contributed by atoms with Crippen LogP contribution >= 0.6 is 0 Å². The Kier molecular flexibility index (Phi) is 4.95. The van der Waals surface area contributed by atoms with Gasteiger partial charge in [-0.05, 0) is 42.0 Å². The number of hydrazone groups is 1. The van der Waals surface area contributed by atoms with Crippen LogP contribution in [0.3, 0.4) is 0 Å². The molecular weight excluding hydrogens is 379 g/mol. The van der Waals surface area contributed by atoms with E-state index in [1.54, 1.807) is 0 Å². The highest BCUT2D eigenvalue weighted by atomic mass is 19.4. The van der Waals surface area contributed by atoms with E-state index in [1.807, 2.05) is 0 Å². The second kappa shape index (κ2) is 7.22. The lowest BCUT2D eigenvalue weighted by molar-refractivity contribution is -0.138. The Morgan fingerprint density at radius 1 is 0.964 bits per heavy atom. The summed E-state index contributed by atoms with van der Waals surface area (Å²) in [5, 5.41) is 23.5. The van der Waals surface area contributed by atoms with E-state index in [4.69, 9.17) is 0 Å². The van der Waals surface area contributed by atoms with Gasteiger partial charge in [0.25, 0.3) is 5.91 Å². The van der Waals surface area contributed by atoms with Crippen LogP contribution < -0.4 is 4.90 Å². The van der Waals surface area contributed by atoms with Gasteiger partial charge in [-0.15, -0.1) is 0 Å². The summed E-state index contributed by atoms with van der Waals surface area (Å²) < 4.78 is 38.6. The molecule has 3 rings (SSSR count). The van der Waals surface area contributed by atoms with Gasteiger partial charge >= 0.3 is 6.18 Å². The maximum absolute atomic E-state index is 12.9. The molecule has 0 bridgehead atoms. The molecule has 0 radical (unpaired) electrons. The van der Waals surface area contributed by atoms with Crippen LogP contribution in [-0.2, 0) is 15.8 Å². The summed E-state index contributed by atoms with van der Waals surface area (Å²) in [6.07, 6.45) is -3.35. The van der Waals surface area contributed by atoms with Crippen LogP contribution in [-0.4, -0.2) is 46.3 Å². The van der Waals surface area contributed by atoms with E-state index in [1.165, 1.54) is 30.5 Å². The third-order valence-corrected chi connectivity index (χ3v) is 4.00. The number of nitrogens with zero attached hydrogens (tertiary/aromatic N) is 3. The number of amides is 2. The number of halogens is 3. The monoisotopic (exact) mass is 393 g/mol. The van der Waals surface area contributed by atoms with Crippen molar-refractivity contribution in [1.82, 2.24) is 5.01 Å².